The summed E-state index contributed by atoms with van der Waals surface area (Å²) in [6.07, 6.45) is 1.74. The maximum absolute atomic E-state index is 12.2. The van der Waals surface area contributed by atoms with Gasteiger partial charge in [0.15, 0.2) is 0 Å². The fraction of sp³-hybridized carbons (Fsp3) is 0.462. The number of amides is 3. The highest BCUT2D eigenvalue weighted by Gasteiger charge is 2.33. The minimum atomic E-state index is -0.590. The van der Waals surface area contributed by atoms with Crippen LogP contribution in [0.4, 0.5) is 0 Å². The number of hydrogen-bond donors (Lipinski definition) is 2. The molecule has 1 aliphatic rings. The van der Waals surface area contributed by atoms with Gasteiger partial charge in [0.05, 0.1) is 13.0 Å². The van der Waals surface area contributed by atoms with Crippen LogP contribution in [0.15, 0.2) is 17.5 Å². The van der Waals surface area contributed by atoms with Crippen LogP contribution in [0.3, 0.4) is 0 Å². The van der Waals surface area contributed by atoms with Crippen molar-refractivity contribution < 1.29 is 14.4 Å². The van der Waals surface area contributed by atoms with Gasteiger partial charge in [0.1, 0.15) is 6.04 Å². The fourth-order valence-electron chi connectivity index (χ4n) is 2.29. The molecule has 1 saturated heterocycles. The number of primary amides is 1. The van der Waals surface area contributed by atoms with E-state index in [1.807, 2.05) is 17.5 Å². The molecule has 108 valence electrons. The zero-order chi connectivity index (χ0) is 14.5. The molecule has 1 fully saturated rings. The fourth-order valence-corrected chi connectivity index (χ4v) is 2.99. The normalized spacial score (nSPS) is 18.0. The van der Waals surface area contributed by atoms with Gasteiger partial charge in [0, 0.05) is 11.4 Å². The Balaban J connectivity index is 1.94. The van der Waals surface area contributed by atoms with Gasteiger partial charge in [-0.1, -0.05) is 6.07 Å². The standard InChI is InChI=1S/C13H17N3O3S/c14-11(17)8-15-13(19)10-4-1-5-16(10)12(18)7-9-3-2-6-20-9/h2-3,6,10H,1,4-5,7-8H2,(H2,14,17)(H,15,19). The second kappa shape index (κ2) is 6.51. The average molecular weight is 295 g/mol. The molecule has 3 amide bonds. The van der Waals surface area contributed by atoms with Crippen molar-refractivity contribution in [1.29, 1.82) is 0 Å². The van der Waals surface area contributed by atoms with Crippen LogP contribution in [0, 0.1) is 0 Å². The molecule has 0 spiro atoms. The molecule has 1 atom stereocenters. The predicted molar refractivity (Wildman–Crippen MR) is 75.0 cm³/mol. The Morgan fingerprint density at radius 3 is 2.90 bits per heavy atom. The van der Waals surface area contributed by atoms with Gasteiger partial charge in [-0.15, -0.1) is 11.3 Å². The van der Waals surface area contributed by atoms with E-state index in [-0.39, 0.29) is 18.4 Å². The molecule has 1 aliphatic heterocycles. The summed E-state index contributed by atoms with van der Waals surface area (Å²) < 4.78 is 0. The summed E-state index contributed by atoms with van der Waals surface area (Å²) >= 11 is 1.52. The Morgan fingerprint density at radius 1 is 1.45 bits per heavy atom. The first-order valence-corrected chi connectivity index (χ1v) is 7.34. The van der Waals surface area contributed by atoms with Gasteiger partial charge in [0.2, 0.25) is 17.7 Å². The van der Waals surface area contributed by atoms with Crippen molar-refractivity contribution in [2.45, 2.75) is 25.3 Å². The Morgan fingerprint density at radius 2 is 2.25 bits per heavy atom. The summed E-state index contributed by atoms with van der Waals surface area (Å²) in [5.41, 5.74) is 4.99. The largest absolute Gasteiger partial charge is 0.368 e. The second-order valence-electron chi connectivity index (χ2n) is 4.69. The number of nitrogens with zero attached hydrogens (tertiary/aromatic N) is 1. The second-order valence-corrected chi connectivity index (χ2v) is 5.72. The average Bonchev–Trinajstić information content (AvgIpc) is 3.05. The lowest BCUT2D eigenvalue weighted by molar-refractivity contribution is -0.138. The minimum Gasteiger partial charge on any atom is -0.368 e. The Bertz CT molecular complexity index is 501. The Hall–Kier alpha value is -1.89. The van der Waals surface area contributed by atoms with E-state index in [0.29, 0.717) is 19.4 Å². The zero-order valence-corrected chi connectivity index (χ0v) is 11.8. The molecular formula is C13H17N3O3S. The number of nitrogens with two attached hydrogens (primary N) is 1. The van der Waals surface area contributed by atoms with Crippen LogP contribution < -0.4 is 11.1 Å². The molecule has 1 unspecified atom stereocenters. The summed E-state index contributed by atoms with van der Waals surface area (Å²) in [6, 6.07) is 3.32. The van der Waals surface area contributed by atoms with E-state index in [9.17, 15) is 14.4 Å². The maximum atomic E-state index is 12.2. The maximum Gasteiger partial charge on any atom is 0.243 e. The highest BCUT2D eigenvalue weighted by atomic mass is 32.1. The van der Waals surface area contributed by atoms with Crippen LogP contribution in [0.5, 0.6) is 0 Å². The van der Waals surface area contributed by atoms with Gasteiger partial charge >= 0.3 is 0 Å². The molecule has 0 aliphatic carbocycles. The van der Waals surface area contributed by atoms with Crippen LogP contribution in [0.25, 0.3) is 0 Å². The van der Waals surface area contributed by atoms with Crippen molar-refractivity contribution in [3.63, 3.8) is 0 Å². The van der Waals surface area contributed by atoms with Gasteiger partial charge in [-0.2, -0.15) is 0 Å². The van der Waals surface area contributed by atoms with E-state index >= 15 is 0 Å². The van der Waals surface area contributed by atoms with E-state index < -0.39 is 11.9 Å². The molecular weight excluding hydrogens is 278 g/mol. The van der Waals surface area contributed by atoms with E-state index in [0.717, 1.165) is 11.3 Å². The molecule has 0 saturated carbocycles. The number of carbonyl (C=O) groups is 3. The zero-order valence-electron chi connectivity index (χ0n) is 11.0. The topological polar surface area (TPSA) is 92.5 Å². The molecule has 0 radical (unpaired) electrons. The summed E-state index contributed by atoms with van der Waals surface area (Å²) in [4.78, 5) is 37.4. The smallest absolute Gasteiger partial charge is 0.243 e. The summed E-state index contributed by atoms with van der Waals surface area (Å²) in [6.45, 7) is 0.390. The van der Waals surface area contributed by atoms with E-state index in [1.54, 1.807) is 4.90 Å². The van der Waals surface area contributed by atoms with Gasteiger partial charge in [-0.25, -0.2) is 0 Å². The van der Waals surface area contributed by atoms with Crippen molar-refractivity contribution in [3.8, 4) is 0 Å². The molecule has 20 heavy (non-hydrogen) atoms. The molecule has 0 bridgehead atoms. The number of hydrogen-bond acceptors (Lipinski definition) is 4. The molecule has 2 heterocycles. The van der Waals surface area contributed by atoms with Crippen molar-refractivity contribution in [3.05, 3.63) is 22.4 Å². The van der Waals surface area contributed by atoms with Crippen LogP contribution in [0.1, 0.15) is 17.7 Å². The number of thiophene rings is 1. The summed E-state index contributed by atoms with van der Waals surface area (Å²) in [7, 11) is 0. The van der Waals surface area contributed by atoms with Crippen LogP contribution in [0.2, 0.25) is 0 Å². The Kier molecular flexibility index (Phi) is 4.73. The third kappa shape index (κ3) is 3.57. The summed E-state index contributed by atoms with van der Waals surface area (Å²) in [5, 5.41) is 4.38. The predicted octanol–water partition coefficient (Wildman–Crippen LogP) is -0.117. The van der Waals surface area contributed by atoms with Crippen molar-refractivity contribution in [1.82, 2.24) is 10.2 Å². The Labute approximate surface area is 120 Å². The first-order chi connectivity index (χ1) is 9.58. The molecule has 6 nitrogen and oxygen atoms in total. The quantitative estimate of drug-likeness (QED) is 0.793. The third-order valence-electron chi connectivity index (χ3n) is 3.22. The van der Waals surface area contributed by atoms with Gasteiger partial charge < -0.3 is 16.0 Å². The number of nitrogens with one attached hydrogen (secondary N) is 1. The lowest BCUT2D eigenvalue weighted by atomic mass is 10.2. The lowest BCUT2D eigenvalue weighted by Crippen LogP contribution is -2.48. The molecule has 1 aromatic rings. The summed E-state index contributed by atoms with van der Waals surface area (Å²) in [5.74, 6) is -0.946. The van der Waals surface area contributed by atoms with Gasteiger partial charge in [-0.3, -0.25) is 14.4 Å². The monoisotopic (exact) mass is 295 g/mol. The molecule has 3 N–H and O–H groups in total. The SMILES string of the molecule is NC(=O)CNC(=O)C1CCCN1C(=O)Cc1cccs1. The van der Waals surface area contributed by atoms with E-state index in [2.05, 4.69) is 5.32 Å². The molecule has 7 heteroatoms. The van der Waals surface area contributed by atoms with Gasteiger partial charge in [-0.05, 0) is 24.3 Å². The lowest BCUT2D eigenvalue weighted by Gasteiger charge is -2.23. The van der Waals surface area contributed by atoms with Crippen molar-refractivity contribution >= 4 is 29.1 Å². The van der Waals surface area contributed by atoms with E-state index in [1.165, 1.54) is 11.3 Å². The minimum absolute atomic E-state index is 0.0517. The van der Waals surface area contributed by atoms with Crippen molar-refractivity contribution in [2.24, 2.45) is 5.73 Å². The highest BCUT2D eigenvalue weighted by molar-refractivity contribution is 7.10. The molecule has 0 aromatic carbocycles. The van der Waals surface area contributed by atoms with Crippen LogP contribution in [-0.4, -0.2) is 41.8 Å². The van der Waals surface area contributed by atoms with Crippen LogP contribution in [-0.2, 0) is 20.8 Å². The van der Waals surface area contributed by atoms with E-state index in [4.69, 9.17) is 5.73 Å². The number of carbonyl (C=O) groups excluding carboxylic acids is 3. The van der Waals surface area contributed by atoms with Crippen LogP contribution >= 0.6 is 11.3 Å². The first kappa shape index (κ1) is 14.5. The first-order valence-electron chi connectivity index (χ1n) is 6.46. The molecule has 1 aromatic heterocycles. The molecule has 2 rings (SSSR count). The van der Waals surface area contributed by atoms with Gasteiger partial charge in [0.25, 0.3) is 0 Å². The number of likely N-dealkylation sites (tertiary alicyclic amines) is 1. The third-order valence-corrected chi connectivity index (χ3v) is 4.09. The number of rotatable bonds is 5. The highest BCUT2D eigenvalue weighted by Crippen LogP contribution is 2.20. The van der Waals surface area contributed by atoms with Crippen molar-refractivity contribution in [2.75, 3.05) is 13.1 Å².